The lowest BCUT2D eigenvalue weighted by atomic mass is 10.3. The van der Waals surface area contributed by atoms with Crippen LogP contribution in [0.25, 0.3) is 16.2 Å². The number of hydrogen-bond acceptors (Lipinski definition) is 3. The Labute approximate surface area is 90.8 Å². The first-order valence-electron chi connectivity index (χ1n) is 4.82. The average Bonchev–Trinajstić information content (AvgIpc) is 2.91. The predicted molar refractivity (Wildman–Crippen MR) is 60.0 cm³/mol. The normalized spacial score (nSPS) is 11.3. The van der Waals surface area contributed by atoms with Crippen molar-refractivity contribution in [2.24, 2.45) is 0 Å². The Morgan fingerprint density at radius 3 is 3.07 bits per heavy atom. The van der Waals surface area contributed by atoms with Crippen LogP contribution in [-0.2, 0) is 6.54 Å². The SMILES string of the molecule is CCn1cc(-c2cn3ccsc3n2)cn1. The summed E-state index contributed by atoms with van der Waals surface area (Å²) in [4.78, 5) is 5.54. The van der Waals surface area contributed by atoms with Crippen LogP contribution in [0.3, 0.4) is 0 Å². The Morgan fingerprint density at radius 2 is 2.33 bits per heavy atom. The second kappa shape index (κ2) is 3.20. The number of aryl methyl sites for hydroxylation is 1. The van der Waals surface area contributed by atoms with Gasteiger partial charge in [0.2, 0.25) is 0 Å². The van der Waals surface area contributed by atoms with Crippen molar-refractivity contribution in [1.82, 2.24) is 19.2 Å². The fraction of sp³-hybridized carbons (Fsp3) is 0.200. The van der Waals surface area contributed by atoms with Crippen LogP contribution in [-0.4, -0.2) is 19.2 Å². The first-order chi connectivity index (χ1) is 7.36. The third-order valence-corrected chi connectivity index (χ3v) is 3.12. The number of imidazole rings is 1. The van der Waals surface area contributed by atoms with Crippen molar-refractivity contribution in [1.29, 1.82) is 0 Å². The lowest BCUT2D eigenvalue weighted by Crippen LogP contribution is -1.91. The molecule has 0 aliphatic rings. The van der Waals surface area contributed by atoms with E-state index in [1.165, 1.54) is 0 Å². The molecule has 0 aliphatic heterocycles. The summed E-state index contributed by atoms with van der Waals surface area (Å²) in [6, 6.07) is 0. The van der Waals surface area contributed by atoms with Crippen LogP contribution >= 0.6 is 11.3 Å². The molecule has 0 saturated heterocycles. The summed E-state index contributed by atoms with van der Waals surface area (Å²) in [5.74, 6) is 0. The zero-order valence-electron chi connectivity index (χ0n) is 8.29. The van der Waals surface area contributed by atoms with E-state index in [1.807, 2.05) is 39.2 Å². The molecule has 0 N–H and O–H groups in total. The summed E-state index contributed by atoms with van der Waals surface area (Å²) in [5.41, 5.74) is 2.06. The highest BCUT2D eigenvalue weighted by atomic mass is 32.1. The summed E-state index contributed by atoms with van der Waals surface area (Å²) in [6.07, 6.45) is 7.92. The summed E-state index contributed by atoms with van der Waals surface area (Å²) in [5, 5.41) is 6.27. The highest BCUT2D eigenvalue weighted by Crippen LogP contribution is 2.20. The van der Waals surface area contributed by atoms with E-state index >= 15 is 0 Å². The highest BCUT2D eigenvalue weighted by Gasteiger charge is 2.06. The molecule has 4 nitrogen and oxygen atoms in total. The van der Waals surface area contributed by atoms with E-state index in [2.05, 4.69) is 17.0 Å². The van der Waals surface area contributed by atoms with Gasteiger partial charge in [-0.25, -0.2) is 4.98 Å². The van der Waals surface area contributed by atoms with Crippen molar-refractivity contribution >= 4 is 16.3 Å². The van der Waals surface area contributed by atoms with Crippen LogP contribution in [0.1, 0.15) is 6.92 Å². The molecule has 0 spiro atoms. The third-order valence-electron chi connectivity index (χ3n) is 2.35. The van der Waals surface area contributed by atoms with Gasteiger partial charge in [-0.3, -0.25) is 9.08 Å². The van der Waals surface area contributed by atoms with Gasteiger partial charge in [0.1, 0.15) is 0 Å². The van der Waals surface area contributed by atoms with Crippen LogP contribution in [0.5, 0.6) is 0 Å². The van der Waals surface area contributed by atoms with E-state index in [0.717, 1.165) is 22.8 Å². The zero-order chi connectivity index (χ0) is 10.3. The minimum absolute atomic E-state index is 0.891. The maximum Gasteiger partial charge on any atom is 0.194 e. The van der Waals surface area contributed by atoms with Crippen LogP contribution in [0.4, 0.5) is 0 Å². The fourth-order valence-electron chi connectivity index (χ4n) is 1.54. The Bertz CT molecular complexity index is 561. The van der Waals surface area contributed by atoms with Gasteiger partial charge in [-0.2, -0.15) is 5.10 Å². The molecule has 15 heavy (non-hydrogen) atoms. The van der Waals surface area contributed by atoms with Crippen LogP contribution in [0.2, 0.25) is 0 Å². The van der Waals surface area contributed by atoms with Gasteiger partial charge in [0.05, 0.1) is 11.9 Å². The molecule has 3 aromatic heterocycles. The smallest absolute Gasteiger partial charge is 0.194 e. The summed E-state index contributed by atoms with van der Waals surface area (Å²) in [7, 11) is 0. The number of fused-ring (bicyclic) bond motifs is 1. The van der Waals surface area contributed by atoms with E-state index in [9.17, 15) is 0 Å². The molecule has 0 aliphatic carbocycles. The fourth-order valence-corrected chi connectivity index (χ4v) is 2.24. The molecule has 0 fully saturated rings. The van der Waals surface area contributed by atoms with Gasteiger partial charge in [0.25, 0.3) is 0 Å². The largest absolute Gasteiger partial charge is 0.297 e. The number of hydrogen-bond donors (Lipinski definition) is 0. The van der Waals surface area contributed by atoms with Gasteiger partial charge in [-0.1, -0.05) is 0 Å². The summed E-state index contributed by atoms with van der Waals surface area (Å²) < 4.78 is 3.94. The van der Waals surface area contributed by atoms with E-state index in [1.54, 1.807) is 11.3 Å². The Kier molecular flexibility index (Phi) is 1.85. The second-order valence-electron chi connectivity index (χ2n) is 3.30. The maximum atomic E-state index is 4.52. The highest BCUT2D eigenvalue weighted by molar-refractivity contribution is 7.15. The predicted octanol–water partition coefficient (Wildman–Crippen LogP) is 2.28. The number of thiazole rings is 1. The second-order valence-corrected chi connectivity index (χ2v) is 4.18. The topological polar surface area (TPSA) is 35.1 Å². The Morgan fingerprint density at radius 1 is 1.40 bits per heavy atom. The van der Waals surface area contributed by atoms with E-state index in [0.29, 0.717) is 0 Å². The first-order valence-corrected chi connectivity index (χ1v) is 5.70. The monoisotopic (exact) mass is 218 g/mol. The van der Waals surface area contributed by atoms with Crippen molar-refractivity contribution in [2.75, 3.05) is 0 Å². The molecular formula is C10H10N4S. The van der Waals surface area contributed by atoms with Crippen LogP contribution in [0.15, 0.2) is 30.2 Å². The molecule has 3 rings (SSSR count). The molecule has 0 amide bonds. The molecular weight excluding hydrogens is 208 g/mol. The van der Waals surface area contributed by atoms with Crippen molar-refractivity contribution in [3.8, 4) is 11.3 Å². The maximum absolute atomic E-state index is 4.52. The van der Waals surface area contributed by atoms with Crippen LogP contribution in [0, 0.1) is 0 Å². The van der Waals surface area contributed by atoms with Crippen LogP contribution < -0.4 is 0 Å². The molecule has 3 aromatic rings. The summed E-state index contributed by atoms with van der Waals surface area (Å²) >= 11 is 1.64. The number of nitrogens with zero attached hydrogens (tertiary/aromatic N) is 4. The van der Waals surface area contributed by atoms with Crippen molar-refractivity contribution in [3.63, 3.8) is 0 Å². The lowest BCUT2D eigenvalue weighted by molar-refractivity contribution is 0.660. The van der Waals surface area contributed by atoms with E-state index in [4.69, 9.17) is 0 Å². The molecule has 3 heterocycles. The van der Waals surface area contributed by atoms with Crippen molar-refractivity contribution in [3.05, 3.63) is 30.2 Å². The molecule has 0 bridgehead atoms. The minimum atomic E-state index is 0.891. The average molecular weight is 218 g/mol. The quantitative estimate of drug-likeness (QED) is 0.661. The zero-order valence-corrected chi connectivity index (χ0v) is 9.11. The van der Waals surface area contributed by atoms with Gasteiger partial charge in [0.15, 0.2) is 4.96 Å². The molecule has 0 saturated carbocycles. The number of aromatic nitrogens is 4. The van der Waals surface area contributed by atoms with E-state index < -0.39 is 0 Å². The van der Waals surface area contributed by atoms with Gasteiger partial charge < -0.3 is 0 Å². The lowest BCUT2D eigenvalue weighted by Gasteiger charge is -1.90. The summed E-state index contributed by atoms with van der Waals surface area (Å²) in [6.45, 7) is 2.96. The van der Waals surface area contributed by atoms with Gasteiger partial charge in [-0.05, 0) is 6.92 Å². The molecule has 0 aromatic carbocycles. The van der Waals surface area contributed by atoms with Crippen molar-refractivity contribution in [2.45, 2.75) is 13.5 Å². The first kappa shape index (κ1) is 8.67. The standard InChI is InChI=1S/C10H10N4S/c1-2-14-6-8(5-11-14)9-7-13-3-4-15-10(13)12-9/h3-7H,2H2,1H3. The van der Waals surface area contributed by atoms with Gasteiger partial charge in [0, 0.05) is 36.1 Å². The number of rotatable bonds is 2. The Balaban J connectivity index is 2.09. The van der Waals surface area contributed by atoms with Gasteiger partial charge in [-0.15, -0.1) is 11.3 Å². The molecule has 0 unspecified atom stereocenters. The molecule has 5 heteroatoms. The molecule has 76 valence electrons. The molecule has 0 radical (unpaired) electrons. The Hall–Kier alpha value is -1.62. The van der Waals surface area contributed by atoms with E-state index in [-0.39, 0.29) is 0 Å². The molecule has 0 atom stereocenters. The third kappa shape index (κ3) is 1.35. The van der Waals surface area contributed by atoms with Crippen molar-refractivity contribution < 1.29 is 0 Å². The minimum Gasteiger partial charge on any atom is -0.297 e. The van der Waals surface area contributed by atoms with Gasteiger partial charge >= 0.3 is 0 Å².